The van der Waals surface area contributed by atoms with E-state index in [1.54, 1.807) is 31.6 Å². The Hall–Kier alpha value is -2.17. The molecule has 1 N–H and O–H groups in total. The average Bonchev–Trinajstić information content (AvgIpc) is 2.47. The normalized spacial score (nSPS) is 18.5. The molecular formula is C10H9N3O2. The predicted molar refractivity (Wildman–Crippen MR) is 53.5 cm³/mol. The minimum Gasteiger partial charge on any atom is -0.292 e. The molecule has 0 aliphatic carbocycles. The first-order valence-corrected chi connectivity index (χ1v) is 4.39. The van der Waals surface area contributed by atoms with Crippen LogP contribution in [0.25, 0.3) is 6.08 Å². The molecule has 0 radical (unpaired) electrons. The van der Waals surface area contributed by atoms with Crippen molar-refractivity contribution in [2.75, 3.05) is 7.05 Å². The van der Waals surface area contributed by atoms with Crippen molar-refractivity contribution >= 4 is 18.0 Å². The Morgan fingerprint density at radius 3 is 2.80 bits per heavy atom. The summed E-state index contributed by atoms with van der Waals surface area (Å²) in [6.07, 6.45) is 4.88. The third-order valence-corrected chi connectivity index (χ3v) is 2.11. The molecule has 1 fully saturated rings. The Labute approximate surface area is 86.4 Å². The molecule has 0 bridgehead atoms. The van der Waals surface area contributed by atoms with Gasteiger partial charge >= 0.3 is 6.03 Å². The van der Waals surface area contributed by atoms with Crippen molar-refractivity contribution in [3.8, 4) is 0 Å². The fourth-order valence-corrected chi connectivity index (χ4v) is 1.29. The molecule has 1 aliphatic rings. The zero-order valence-electron chi connectivity index (χ0n) is 8.10. The number of carbonyl (C=O) groups excluding carboxylic acids is 2. The molecule has 0 atom stereocenters. The molecule has 1 aromatic heterocycles. The summed E-state index contributed by atoms with van der Waals surface area (Å²) in [6.45, 7) is 0. The number of aromatic nitrogens is 1. The van der Waals surface area contributed by atoms with Gasteiger partial charge < -0.3 is 0 Å². The SMILES string of the molecule is CN1C(=O)NC(=O)C1=Cc1cccnc1. The molecular weight excluding hydrogens is 194 g/mol. The largest absolute Gasteiger partial charge is 0.328 e. The van der Waals surface area contributed by atoms with Crippen LogP contribution in [-0.4, -0.2) is 28.9 Å². The zero-order chi connectivity index (χ0) is 10.8. The van der Waals surface area contributed by atoms with Crippen molar-refractivity contribution < 1.29 is 9.59 Å². The van der Waals surface area contributed by atoms with Gasteiger partial charge in [0.05, 0.1) is 0 Å². The van der Waals surface area contributed by atoms with Gasteiger partial charge in [0.25, 0.3) is 5.91 Å². The minimum absolute atomic E-state index is 0.327. The maximum atomic E-state index is 11.3. The Bertz CT molecular complexity index is 439. The number of amides is 3. The summed E-state index contributed by atoms with van der Waals surface area (Å²) < 4.78 is 0. The van der Waals surface area contributed by atoms with Crippen LogP contribution in [0.5, 0.6) is 0 Å². The van der Waals surface area contributed by atoms with Gasteiger partial charge in [0.1, 0.15) is 5.70 Å². The summed E-state index contributed by atoms with van der Waals surface area (Å²) in [6, 6.07) is 3.17. The van der Waals surface area contributed by atoms with E-state index < -0.39 is 6.03 Å². The van der Waals surface area contributed by atoms with Gasteiger partial charge in [0.2, 0.25) is 0 Å². The summed E-state index contributed by atoms with van der Waals surface area (Å²) in [5.74, 6) is -0.383. The highest BCUT2D eigenvalue weighted by molar-refractivity contribution is 6.13. The van der Waals surface area contributed by atoms with Crippen molar-refractivity contribution in [3.63, 3.8) is 0 Å². The smallest absolute Gasteiger partial charge is 0.292 e. The lowest BCUT2D eigenvalue weighted by Crippen LogP contribution is -2.24. The number of pyridine rings is 1. The fraction of sp³-hybridized carbons (Fsp3) is 0.100. The van der Waals surface area contributed by atoms with Gasteiger partial charge in [-0.25, -0.2) is 4.79 Å². The van der Waals surface area contributed by atoms with Gasteiger partial charge in [0.15, 0.2) is 0 Å². The average molecular weight is 203 g/mol. The molecule has 0 unspecified atom stereocenters. The van der Waals surface area contributed by atoms with Crippen LogP contribution in [-0.2, 0) is 4.79 Å². The number of nitrogens with one attached hydrogen (secondary N) is 1. The number of carbonyl (C=O) groups is 2. The number of hydrogen-bond acceptors (Lipinski definition) is 3. The molecule has 5 nitrogen and oxygen atoms in total. The van der Waals surface area contributed by atoms with Crippen molar-refractivity contribution in [1.82, 2.24) is 15.2 Å². The molecule has 5 heteroatoms. The Balaban J connectivity index is 2.35. The van der Waals surface area contributed by atoms with Crippen LogP contribution >= 0.6 is 0 Å². The van der Waals surface area contributed by atoms with Crippen LogP contribution in [0.3, 0.4) is 0 Å². The summed E-state index contributed by atoms with van der Waals surface area (Å²) in [7, 11) is 1.54. The summed E-state index contributed by atoms with van der Waals surface area (Å²) in [4.78, 5) is 27.6. The van der Waals surface area contributed by atoms with Crippen molar-refractivity contribution in [1.29, 1.82) is 0 Å². The van der Waals surface area contributed by atoms with E-state index in [9.17, 15) is 9.59 Å². The Morgan fingerprint density at radius 1 is 1.47 bits per heavy atom. The van der Waals surface area contributed by atoms with E-state index in [4.69, 9.17) is 0 Å². The lowest BCUT2D eigenvalue weighted by molar-refractivity contribution is -0.115. The molecule has 1 saturated heterocycles. The van der Waals surface area contributed by atoms with E-state index in [0.717, 1.165) is 5.56 Å². The standard InChI is InChI=1S/C10H9N3O2/c1-13-8(9(14)12-10(13)15)5-7-3-2-4-11-6-7/h2-6H,1H3,(H,12,14,15). The van der Waals surface area contributed by atoms with Crippen LogP contribution in [0, 0.1) is 0 Å². The van der Waals surface area contributed by atoms with Crippen LogP contribution in [0.2, 0.25) is 0 Å². The quantitative estimate of drug-likeness (QED) is 0.537. The number of rotatable bonds is 1. The van der Waals surface area contributed by atoms with E-state index in [-0.39, 0.29) is 5.91 Å². The Morgan fingerprint density at radius 2 is 2.27 bits per heavy atom. The van der Waals surface area contributed by atoms with Gasteiger partial charge in [-0.3, -0.25) is 20.0 Å². The summed E-state index contributed by atoms with van der Waals surface area (Å²) >= 11 is 0. The number of likely N-dealkylation sites (N-methyl/N-ethyl adjacent to an activating group) is 1. The molecule has 2 heterocycles. The van der Waals surface area contributed by atoms with E-state index in [1.165, 1.54) is 4.90 Å². The molecule has 0 aromatic carbocycles. The van der Waals surface area contributed by atoms with Crippen LogP contribution in [0.1, 0.15) is 5.56 Å². The van der Waals surface area contributed by atoms with Crippen molar-refractivity contribution in [3.05, 3.63) is 35.8 Å². The second-order valence-corrected chi connectivity index (χ2v) is 3.13. The van der Waals surface area contributed by atoms with Gasteiger partial charge in [0, 0.05) is 19.4 Å². The molecule has 1 aliphatic heterocycles. The van der Waals surface area contributed by atoms with Gasteiger partial charge in [-0.15, -0.1) is 0 Å². The molecule has 15 heavy (non-hydrogen) atoms. The molecule has 76 valence electrons. The second-order valence-electron chi connectivity index (χ2n) is 3.13. The van der Waals surface area contributed by atoms with Crippen LogP contribution in [0.4, 0.5) is 4.79 Å². The van der Waals surface area contributed by atoms with Crippen LogP contribution < -0.4 is 5.32 Å². The third kappa shape index (κ3) is 1.71. The first-order chi connectivity index (χ1) is 7.18. The predicted octanol–water partition coefficient (Wildman–Crippen LogP) is 0.604. The van der Waals surface area contributed by atoms with Crippen LogP contribution in [0.15, 0.2) is 30.2 Å². The monoisotopic (exact) mass is 203 g/mol. The molecule has 2 rings (SSSR count). The number of nitrogens with zero attached hydrogens (tertiary/aromatic N) is 2. The maximum absolute atomic E-state index is 11.3. The van der Waals surface area contributed by atoms with Gasteiger partial charge in [-0.05, 0) is 17.7 Å². The van der Waals surface area contributed by atoms with E-state index in [1.807, 2.05) is 6.07 Å². The summed E-state index contributed by atoms with van der Waals surface area (Å²) in [5.41, 5.74) is 1.11. The zero-order valence-corrected chi connectivity index (χ0v) is 8.10. The van der Waals surface area contributed by atoms with E-state index >= 15 is 0 Å². The molecule has 1 aromatic rings. The highest BCUT2D eigenvalue weighted by Crippen LogP contribution is 2.13. The van der Waals surface area contributed by atoms with E-state index in [2.05, 4.69) is 10.3 Å². The highest BCUT2D eigenvalue weighted by Gasteiger charge is 2.29. The first-order valence-electron chi connectivity index (χ1n) is 4.39. The molecule has 0 spiro atoms. The van der Waals surface area contributed by atoms with Gasteiger partial charge in [-0.1, -0.05) is 6.07 Å². The van der Waals surface area contributed by atoms with E-state index in [0.29, 0.717) is 5.70 Å². The maximum Gasteiger partial charge on any atom is 0.328 e. The van der Waals surface area contributed by atoms with Crippen molar-refractivity contribution in [2.45, 2.75) is 0 Å². The number of urea groups is 1. The Kier molecular flexibility index (Phi) is 2.21. The first kappa shape index (κ1) is 9.39. The highest BCUT2D eigenvalue weighted by atomic mass is 16.2. The number of hydrogen-bond donors (Lipinski definition) is 1. The second kappa shape index (κ2) is 3.53. The fourth-order valence-electron chi connectivity index (χ4n) is 1.29. The number of imide groups is 1. The van der Waals surface area contributed by atoms with Gasteiger partial charge in [-0.2, -0.15) is 0 Å². The topological polar surface area (TPSA) is 62.3 Å². The van der Waals surface area contributed by atoms with Crippen molar-refractivity contribution in [2.24, 2.45) is 0 Å². The minimum atomic E-state index is -0.407. The lowest BCUT2D eigenvalue weighted by Gasteiger charge is -2.06. The molecule has 0 saturated carbocycles. The molecule has 3 amide bonds. The summed E-state index contributed by atoms with van der Waals surface area (Å²) in [5, 5.41) is 2.20. The third-order valence-electron chi connectivity index (χ3n) is 2.11. The lowest BCUT2D eigenvalue weighted by atomic mass is 10.2.